The molecule has 8 heteroatoms. The van der Waals surface area contributed by atoms with E-state index in [0.717, 1.165) is 57.9 Å². The lowest BCUT2D eigenvalue weighted by Gasteiger charge is -2.30. The highest BCUT2D eigenvalue weighted by molar-refractivity contribution is 14.0. The van der Waals surface area contributed by atoms with E-state index >= 15 is 0 Å². The molecule has 1 fully saturated rings. The van der Waals surface area contributed by atoms with Crippen molar-refractivity contribution in [3.05, 3.63) is 0 Å². The zero-order valence-electron chi connectivity index (χ0n) is 15.2. The number of amides is 1. The molecule has 24 heavy (non-hydrogen) atoms. The first kappa shape index (κ1) is 23.4. The Morgan fingerprint density at radius 2 is 2.25 bits per heavy atom. The monoisotopic (exact) mass is 455 g/mol. The van der Waals surface area contributed by atoms with E-state index in [1.165, 1.54) is 0 Å². The number of nitrogens with two attached hydrogens (primary N) is 1. The summed E-state index contributed by atoms with van der Waals surface area (Å²) in [5.74, 6) is 0.672. The van der Waals surface area contributed by atoms with Crippen LogP contribution in [0, 0.1) is 5.92 Å². The highest BCUT2D eigenvalue weighted by Crippen LogP contribution is 2.15. The van der Waals surface area contributed by atoms with Crippen molar-refractivity contribution in [3.8, 4) is 0 Å². The van der Waals surface area contributed by atoms with Gasteiger partial charge in [0.2, 0.25) is 5.91 Å². The number of piperidine rings is 1. The molecule has 0 radical (unpaired) electrons. The molecule has 1 rings (SSSR count). The molecule has 4 N–H and O–H groups in total. The molecule has 1 aliphatic rings. The Morgan fingerprint density at radius 3 is 2.88 bits per heavy atom. The number of nitrogens with zero attached hydrogens (tertiary/aromatic N) is 2. The summed E-state index contributed by atoms with van der Waals surface area (Å²) < 4.78 is 5.13. The molecule has 0 aliphatic carbocycles. The predicted octanol–water partition coefficient (Wildman–Crippen LogP) is 0.782. The molecule has 7 nitrogen and oxygen atoms in total. The standard InChI is InChI=1S/C16H33N5O2.HI/c1-4-18-16(20-13(2)12-23-3)19-8-6-10-21-9-5-7-14(11-21)15(17)22;/h13-14H,4-12H2,1-3H3,(H2,17,22)(H2,18,19,20);1H. The van der Waals surface area contributed by atoms with Crippen LogP contribution in [0.4, 0.5) is 0 Å². The van der Waals surface area contributed by atoms with Gasteiger partial charge in [-0.05, 0) is 46.2 Å². The Hall–Kier alpha value is -0.610. The van der Waals surface area contributed by atoms with E-state index in [-0.39, 0.29) is 41.8 Å². The number of nitrogens with one attached hydrogen (secondary N) is 2. The smallest absolute Gasteiger partial charge is 0.221 e. The largest absolute Gasteiger partial charge is 0.383 e. The van der Waals surface area contributed by atoms with Crippen LogP contribution in [-0.2, 0) is 9.53 Å². The van der Waals surface area contributed by atoms with Crippen LogP contribution >= 0.6 is 24.0 Å². The normalized spacial score (nSPS) is 20.1. The zero-order chi connectivity index (χ0) is 17.1. The fourth-order valence-corrected chi connectivity index (χ4v) is 2.82. The topological polar surface area (TPSA) is 92.0 Å². The second kappa shape index (κ2) is 13.7. The maximum Gasteiger partial charge on any atom is 0.221 e. The summed E-state index contributed by atoms with van der Waals surface area (Å²) in [5, 5.41) is 6.56. The van der Waals surface area contributed by atoms with Crippen LogP contribution < -0.4 is 16.4 Å². The predicted molar refractivity (Wildman–Crippen MR) is 109 cm³/mol. The number of primary amides is 1. The number of carbonyl (C=O) groups excluding carboxylic acids is 1. The number of rotatable bonds is 9. The lowest BCUT2D eigenvalue weighted by Crippen LogP contribution is -2.44. The molecule has 1 amide bonds. The van der Waals surface area contributed by atoms with Gasteiger partial charge in [0.1, 0.15) is 0 Å². The Kier molecular flexibility index (Phi) is 13.3. The minimum atomic E-state index is -0.168. The average molecular weight is 455 g/mol. The number of methoxy groups -OCH3 is 1. The quantitative estimate of drug-likeness (QED) is 0.207. The highest BCUT2D eigenvalue weighted by Gasteiger charge is 2.23. The molecule has 2 atom stereocenters. The van der Waals surface area contributed by atoms with Gasteiger partial charge in [-0.3, -0.25) is 9.79 Å². The second-order valence-electron chi connectivity index (χ2n) is 6.16. The van der Waals surface area contributed by atoms with Gasteiger partial charge in [0.05, 0.1) is 12.5 Å². The third kappa shape index (κ3) is 9.63. The van der Waals surface area contributed by atoms with Crippen molar-refractivity contribution in [2.45, 2.75) is 39.2 Å². The van der Waals surface area contributed by atoms with Crippen LogP contribution in [0.1, 0.15) is 33.1 Å². The average Bonchev–Trinajstić information content (AvgIpc) is 2.52. The molecule has 0 aromatic rings. The molecule has 1 aliphatic heterocycles. The molecular formula is C16H34IN5O2. The van der Waals surface area contributed by atoms with E-state index in [1.807, 2.05) is 0 Å². The van der Waals surface area contributed by atoms with E-state index in [4.69, 9.17) is 10.5 Å². The van der Waals surface area contributed by atoms with Crippen molar-refractivity contribution in [1.82, 2.24) is 15.5 Å². The van der Waals surface area contributed by atoms with Gasteiger partial charge >= 0.3 is 0 Å². The molecule has 0 aromatic carbocycles. The third-order valence-electron chi connectivity index (χ3n) is 3.95. The fourth-order valence-electron chi connectivity index (χ4n) is 2.82. The van der Waals surface area contributed by atoms with E-state index in [9.17, 15) is 4.79 Å². The summed E-state index contributed by atoms with van der Waals surface area (Å²) in [6.45, 7) is 9.15. The Labute approximate surface area is 163 Å². The first-order valence-electron chi connectivity index (χ1n) is 8.62. The molecule has 1 heterocycles. The highest BCUT2D eigenvalue weighted by atomic mass is 127. The van der Waals surface area contributed by atoms with Gasteiger partial charge in [0.25, 0.3) is 0 Å². The Balaban J connectivity index is 0.00000529. The summed E-state index contributed by atoms with van der Waals surface area (Å²) in [6.07, 6.45) is 2.95. The van der Waals surface area contributed by atoms with Crippen molar-refractivity contribution in [3.63, 3.8) is 0 Å². The van der Waals surface area contributed by atoms with Gasteiger partial charge in [-0.1, -0.05) is 0 Å². The molecule has 0 saturated carbocycles. The fraction of sp³-hybridized carbons (Fsp3) is 0.875. The van der Waals surface area contributed by atoms with Crippen molar-refractivity contribution in [2.75, 3.05) is 46.4 Å². The van der Waals surface area contributed by atoms with Gasteiger partial charge in [-0.2, -0.15) is 0 Å². The molecule has 0 spiro atoms. The summed E-state index contributed by atoms with van der Waals surface area (Å²) in [7, 11) is 1.69. The number of carbonyl (C=O) groups is 1. The van der Waals surface area contributed by atoms with Crippen molar-refractivity contribution < 1.29 is 9.53 Å². The van der Waals surface area contributed by atoms with Crippen LogP contribution in [0.3, 0.4) is 0 Å². The summed E-state index contributed by atoms with van der Waals surface area (Å²) in [4.78, 5) is 18.2. The first-order chi connectivity index (χ1) is 11.1. The van der Waals surface area contributed by atoms with E-state index in [2.05, 4.69) is 34.4 Å². The lowest BCUT2D eigenvalue weighted by atomic mass is 9.97. The van der Waals surface area contributed by atoms with E-state index in [1.54, 1.807) is 7.11 Å². The maximum absolute atomic E-state index is 11.3. The number of likely N-dealkylation sites (tertiary alicyclic amines) is 1. The van der Waals surface area contributed by atoms with Crippen LogP contribution in [-0.4, -0.2) is 69.2 Å². The molecular weight excluding hydrogens is 421 g/mol. The van der Waals surface area contributed by atoms with Gasteiger partial charge in [-0.15, -0.1) is 24.0 Å². The zero-order valence-corrected chi connectivity index (χ0v) is 17.5. The van der Waals surface area contributed by atoms with Crippen molar-refractivity contribution in [1.29, 1.82) is 0 Å². The van der Waals surface area contributed by atoms with Crippen LogP contribution in [0.2, 0.25) is 0 Å². The SMILES string of the molecule is CCNC(=NCCCN1CCCC(C(N)=O)C1)NC(C)COC.I. The van der Waals surface area contributed by atoms with Crippen molar-refractivity contribution >= 4 is 35.8 Å². The number of ether oxygens (including phenoxy) is 1. The second-order valence-corrected chi connectivity index (χ2v) is 6.16. The summed E-state index contributed by atoms with van der Waals surface area (Å²) >= 11 is 0. The van der Waals surface area contributed by atoms with E-state index in [0.29, 0.717) is 6.61 Å². The minimum Gasteiger partial charge on any atom is -0.383 e. The molecule has 2 unspecified atom stereocenters. The van der Waals surface area contributed by atoms with Gasteiger partial charge in [0.15, 0.2) is 5.96 Å². The van der Waals surface area contributed by atoms with Crippen LogP contribution in [0.15, 0.2) is 4.99 Å². The number of hydrogen-bond acceptors (Lipinski definition) is 4. The lowest BCUT2D eigenvalue weighted by molar-refractivity contribution is -0.123. The number of halogens is 1. The van der Waals surface area contributed by atoms with Crippen molar-refractivity contribution in [2.24, 2.45) is 16.6 Å². The first-order valence-corrected chi connectivity index (χ1v) is 8.62. The van der Waals surface area contributed by atoms with Crippen LogP contribution in [0.5, 0.6) is 0 Å². The van der Waals surface area contributed by atoms with Crippen LogP contribution in [0.25, 0.3) is 0 Å². The third-order valence-corrected chi connectivity index (χ3v) is 3.95. The number of aliphatic imine (C=N–C) groups is 1. The van der Waals surface area contributed by atoms with Gasteiger partial charge in [0, 0.05) is 32.8 Å². The Bertz CT molecular complexity index is 381. The number of hydrogen-bond donors (Lipinski definition) is 3. The van der Waals surface area contributed by atoms with E-state index < -0.39 is 0 Å². The summed E-state index contributed by atoms with van der Waals surface area (Å²) in [5.41, 5.74) is 5.41. The van der Waals surface area contributed by atoms with Gasteiger partial charge in [-0.25, -0.2) is 0 Å². The molecule has 0 aromatic heterocycles. The Morgan fingerprint density at radius 1 is 1.50 bits per heavy atom. The maximum atomic E-state index is 11.3. The molecule has 0 bridgehead atoms. The molecule has 1 saturated heterocycles. The van der Waals surface area contributed by atoms with Gasteiger partial charge < -0.3 is 26.0 Å². The summed E-state index contributed by atoms with van der Waals surface area (Å²) in [6, 6.07) is 0.219. The molecule has 142 valence electrons. The minimum absolute atomic E-state index is 0. The number of guanidine groups is 1.